The molecule has 0 aromatic carbocycles. The van der Waals surface area contributed by atoms with Crippen molar-refractivity contribution >= 4 is 11.0 Å². The maximum absolute atomic E-state index is 11.6. The van der Waals surface area contributed by atoms with E-state index in [9.17, 15) is 4.79 Å². The van der Waals surface area contributed by atoms with E-state index in [0.717, 1.165) is 5.69 Å². The summed E-state index contributed by atoms with van der Waals surface area (Å²) >= 11 is 0. The molecule has 2 aromatic rings. The van der Waals surface area contributed by atoms with Crippen LogP contribution in [0.3, 0.4) is 0 Å². The van der Waals surface area contributed by atoms with Crippen LogP contribution in [0.25, 0.3) is 11.0 Å². The quantitative estimate of drug-likeness (QED) is 0.648. The molecule has 4 nitrogen and oxygen atoms in total. The van der Waals surface area contributed by atoms with Crippen molar-refractivity contribution < 1.29 is 0 Å². The van der Waals surface area contributed by atoms with Gasteiger partial charge in [-0.25, -0.2) is 9.97 Å². The maximum Gasteiger partial charge on any atom is 0.195 e. The maximum atomic E-state index is 11.6. The zero-order valence-corrected chi connectivity index (χ0v) is 7.46. The minimum Gasteiger partial charge on any atom is -0.346 e. The third-order valence-electron chi connectivity index (χ3n) is 2.05. The molecule has 4 heteroatoms. The molecule has 0 saturated carbocycles. The highest BCUT2D eigenvalue weighted by Gasteiger charge is 2.05. The Morgan fingerprint density at radius 3 is 2.85 bits per heavy atom. The second kappa shape index (κ2) is 2.65. The highest BCUT2D eigenvalue weighted by molar-refractivity contribution is 5.76. The van der Waals surface area contributed by atoms with Crippen LogP contribution in [-0.2, 0) is 0 Å². The molecule has 1 N–H and O–H groups in total. The Morgan fingerprint density at radius 2 is 2.08 bits per heavy atom. The van der Waals surface area contributed by atoms with E-state index < -0.39 is 0 Å². The Bertz CT molecular complexity index is 516. The van der Waals surface area contributed by atoms with E-state index in [0.29, 0.717) is 16.6 Å². The molecule has 0 aliphatic rings. The van der Waals surface area contributed by atoms with Crippen molar-refractivity contribution in [2.45, 2.75) is 13.8 Å². The number of aromatic amines is 1. The van der Waals surface area contributed by atoms with E-state index in [2.05, 4.69) is 15.0 Å². The predicted octanol–water partition coefficient (Wildman–Crippen LogP) is 0.935. The van der Waals surface area contributed by atoms with E-state index >= 15 is 0 Å². The Hall–Kier alpha value is -1.71. The molecule has 66 valence electrons. The van der Waals surface area contributed by atoms with Gasteiger partial charge in [0.25, 0.3) is 0 Å². The topological polar surface area (TPSA) is 58.6 Å². The molecule has 0 atom stereocenters. The zero-order valence-electron chi connectivity index (χ0n) is 7.46. The highest BCUT2D eigenvalue weighted by Crippen LogP contribution is 2.06. The number of pyridine rings is 1. The predicted molar refractivity (Wildman–Crippen MR) is 49.6 cm³/mol. The molecule has 0 fully saturated rings. The van der Waals surface area contributed by atoms with Gasteiger partial charge in [-0.1, -0.05) is 0 Å². The van der Waals surface area contributed by atoms with Gasteiger partial charge < -0.3 is 4.98 Å². The van der Waals surface area contributed by atoms with Crippen LogP contribution in [0.4, 0.5) is 0 Å². The standard InChI is InChI=1S/C9H9N3O/c1-5-3-10-9-7(8(5)13)6(2)11-4-12-9/h3-4H,1-2H3,(H,10,11,12,13). The third-order valence-corrected chi connectivity index (χ3v) is 2.05. The fourth-order valence-electron chi connectivity index (χ4n) is 1.29. The number of aryl methyl sites for hydroxylation is 2. The number of aromatic nitrogens is 3. The van der Waals surface area contributed by atoms with Crippen molar-refractivity contribution in [1.29, 1.82) is 0 Å². The van der Waals surface area contributed by atoms with Crippen molar-refractivity contribution in [2.24, 2.45) is 0 Å². The summed E-state index contributed by atoms with van der Waals surface area (Å²) in [5.41, 5.74) is 2.01. The Kier molecular flexibility index (Phi) is 1.62. The van der Waals surface area contributed by atoms with Crippen molar-refractivity contribution in [2.75, 3.05) is 0 Å². The lowest BCUT2D eigenvalue weighted by Crippen LogP contribution is -2.09. The molecule has 2 aromatic heterocycles. The highest BCUT2D eigenvalue weighted by atomic mass is 16.1. The molecule has 0 spiro atoms. The van der Waals surface area contributed by atoms with Crippen LogP contribution in [-0.4, -0.2) is 15.0 Å². The lowest BCUT2D eigenvalue weighted by Gasteiger charge is -1.99. The van der Waals surface area contributed by atoms with E-state index in [1.54, 1.807) is 20.0 Å². The van der Waals surface area contributed by atoms with Gasteiger partial charge in [-0.15, -0.1) is 0 Å². The first-order valence-corrected chi connectivity index (χ1v) is 4.00. The number of hydrogen-bond donors (Lipinski definition) is 1. The van der Waals surface area contributed by atoms with Crippen molar-refractivity contribution in [3.63, 3.8) is 0 Å². The molecule has 0 aliphatic carbocycles. The molecule has 0 saturated heterocycles. The Morgan fingerprint density at radius 1 is 1.31 bits per heavy atom. The smallest absolute Gasteiger partial charge is 0.195 e. The Labute approximate surface area is 74.7 Å². The molecule has 2 rings (SSSR count). The summed E-state index contributed by atoms with van der Waals surface area (Å²) in [5.74, 6) is 0. The minimum atomic E-state index is 0.00634. The van der Waals surface area contributed by atoms with Crippen LogP contribution in [0, 0.1) is 13.8 Å². The second-order valence-electron chi connectivity index (χ2n) is 2.98. The fourth-order valence-corrected chi connectivity index (χ4v) is 1.29. The monoisotopic (exact) mass is 175 g/mol. The molecule has 2 heterocycles. The summed E-state index contributed by atoms with van der Waals surface area (Å²) in [5, 5.41) is 0.586. The number of rotatable bonds is 0. The first kappa shape index (κ1) is 7.91. The van der Waals surface area contributed by atoms with Crippen LogP contribution < -0.4 is 5.43 Å². The lowest BCUT2D eigenvalue weighted by atomic mass is 10.2. The van der Waals surface area contributed by atoms with Gasteiger partial charge in [-0.05, 0) is 13.8 Å². The number of fused-ring (bicyclic) bond motifs is 1. The van der Waals surface area contributed by atoms with Gasteiger partial charge in [0.1, 0.15) is 12.0 Å². The van der Waals surface area contributed by atoms with E-state index in [-0.39, 0.29) is 5.43 Å². The van der Waals surface area contributed by atoms with Gasteiger partial charge in [0.15, 0.2) is 5.43 Å². The third kappa shape index (κ3) is 1.11. The lowest BCUT2D eigenvalue weighted by molar-refractivity contribution is 1.11. The van der Waals surface area contributed by atoms with Gasteiger partial charge in [0.05, 0.1) is 11.1 Å². The molecular formula is C9H9N3O. The normalized spacial score (nSPS) is 10.6. The van der Waals surface area contributed by atoms with Gasteiger partial charge in [-0.3, -0.25) is 4.79 Å². The van der Waals surface area contributed by atoms with Gasteiger partial charge >= 0.3 is 0 Å². The summed E-state index contributed by atoms with van der Waals surface area (Å²) in [6.07, 6.45) is 3.11. The van der Waals surface area contributed by atoms with Crippen molar-refractivity contribution in [3.8, 4) is 0 Å². The van der Waals surface area contributed by atoms with Crippen molar-refractivity contribution in [1.82, 2.24) is 15.0 Å². The van der Waals surface area contributed by atoms with Gasteiger partial charge in [-0.2, -0.15) is 0 Å². The van der Waals surface area contributed by atoms with Gasteiger partial charge in [0, 0.05) is 11.8 Å². The van der Waals surface area contributed by atoms with Crippen LogP contribution in [0.5, 0.6) is 0 Å². The molecule has 0 amide bonds. The van der Waals surface area contributed by atoms with Crippen LogP contribution in [0.15, 0.2) is 17.3 Å². The SMILES string of the molecule is Cc1c[nH]c2ncnc(C)c2c1=O. The molecular weight excluding hydrogens is 166 g/mol. The van der Waals surface area contributed by atoms with E-state index in [1.807, 2.05) is 0 Å². The summed E-state index contributed by atoms with van der Waals surface area (Å²) in [7, 11) is 0. The second-order valence-corrected chi connectivity index (χ2v) is 2.98. The molecule has 0 radical (unpaired) electrons. The molecule has 0 aliphatic heterocycles. The fraction of sp³-hybridized carbons (Fsp3) is 0.222. The average molecular weight is 175 g/mol. The number of H-pyrrole nitrogens is 1. The number of nitrogens with one attached hydrogen (secondary N) is 1. The first-order valence-electron chi connectivity index (χ1n) is 4.00. The summed E-state index contributed by atoms with van der Waals surface area (Å²) in [6, 6.07) is 0. The number of nitrogens with zero attached hydrogens (tertiary/aromatic N) is 2. The summed E-state index contributed by atoms with van der Waals surface area (Å²) < 4.78 is 0. The molecule has 0 unspecified atom stereocenters. The first-order chi connectivity index (χ1) is 6.20. The molecule has 13 heavy (non-hydrogen) atoms. The summed E-state index contributed by atoms with van der Waals surface area (Å²) in [6.45, 7) is 3.57. The number of hydrogen-bond acceptors (Lipinski definition) is 3. The van der Waals surface area contributed by atoms with E-state index in [1.165, 1.54) is 6.33 Å². The zero-order chi connectivity index (χ0) is 9.42. The van der Waals surface area contributed by atoms with Crippen molar-refractivity contribution in [3.05, 3.63) is 34.0 Å². The summed E-state index contributed by atoms with van der Waals surface area (Å²) in [4.78, 5) is 22.6. The van der Waals surface area contributed by atoms with E-state index in [4.69, 9.17) is 0 Å². The molecule has 0 bridgehead atoms. The van der Waals surface area contributed by atoms with Crippen LogP contribution >= 0.6 is 0 Å². The van der Waals surface area contributed by atoms with Crippen LogP contribution in [0.1, 0.15) is 11.3 Å². The largest absolute Gasteiger partial charge is 0.346 e. The average Bonchev–Trinajstić information content (AvgIpc) is 2.12. The van der Waals surface area contributed by atoms with Crippen LogP contribution in [0.2, 0.25) is 0 Å². The minimum absolute atomic E-state index is 0.00634. The van der Waals surface area contributed by atoms with Gasteiger partial charge in [0.2, 0.25) is 0 Å². The Balaban J connectivity index is 3.06.